The molecule has 0 aliphatic rings. The van der Waals surface area contributed by atoms with Crippen LogP contribution >= 0.6 is 11.6 Å². The van der Waals surface area contributed by atoms with E-state index in [1.54, 1.807) is 60.7 Å². The summed E-state index contributed by atoms with van der Waals surface area (Å²) >= 11 is 6.30. The number of sulfonamides is 1. The minimum Gasteiger partial charge on any atom is -0.489 e. The molecule has 0 aliphatic carbocycles. The van der Waals surface area contributed by atoms with E-state index in [1.807, 2.05) is 37.3 Å². The van der Waals surface area contributed by atoms with Gasteiger partial charge in [0.05, 0.1) is 21.8 Å². The molecule has 194 valence electrons. The number of hydrogen-bond donors (Lipinski definition) is 1. The molecule has 38 heavy (non-hydrogen) atoms. The lowest BCUT2D eigenvalue weighted by Crippen LogP contribution is -2.39. The highest BCUT2D eigenvalue weighted by molar-refractivity contribution is 7.92. The van der Waals surface area contributed by atoms with Crippen molar-refractivity contribution in [3.05, 3.63) is 125 Å². The van der Waals surface area contributed by atoms with Crippen molar-refractivity contribution in [2.45, 2.75) is 18.4 Å². The number of para-hydroxylation sites is 1. The van der Waals surface area contributed by atoms with Crippen LogP contribution in [0.15, 0.2) is 113 Å². The normalized spacial score (nSPS) is 11.3. The summed E-state index contributed by atoms with van der Waals surface area (Å²) in [7, 11) is -4.07. The lowest BCUT2D eigenvalue weighted by atomic mass is 10.2. The van der Waals surface area contributed by atoms with Crippen LogP contribution in [-0.2, 0) is 21.4 Å². The summed E-state index contributed by atoms with van der Waals surface area (Å²) < 4.78 is 33.6. The fraction of sp³-hybridized carbons (Fsp3) is 0.103. The van der Waals surface area contributed by atoms with Crippen molar-refractivity contribution in [2.75, 3.05) is 10.8 Å². The number of carbonyl (C=O) groups excluding carboxylic acids is 1. The lowest BCUT2D eigenvalue weighted by molar-refractivity contribution is -0.119. The van der Waals surface area contributed by atoms with Crippen LogP contribution in [0.4, 0.5) is 5.69 Å². The molecular weight excluding hydrogens is 522 g/mol. The average molecular weight is 548 g/mol. The summed E-state index contributed by atoms with van der Waals surface area (Å²) in [6.07, 6.45) is 1.47. The maximum Gasteiger partial charge on any atom is 0.264 e. The molecule has 1 amide bonds. The van der Waals surface area contributed by atoms with Crippen LogP contribution in [0.25, 0.3) is 0 Å². The minimum absolute atomic E-state index is 0.0499. The number of amides is 1. The summed E-state index contributed by atoms with van der Waals surface area (Å²) in [6.45, 7) is 1.81. The Labute approximate surface area is 227 Å². The van der Waals surface area contributed by atoms with Gasteiger partial charge in [0.25, 0.3) is 15.9 Å². The quantitative estimate of drug-likeness (QED) is 0.207. The molecule has 9 heteroatoms. The van der Waals surface area contributed by atoms with Gasteiger partial charge in [0.1, 0.15) is 18.9 Å². The molecule has 0 radical (unpaired) electrons. The fourth-order valence-electron chi connectivity index (χ4n) is 3.53. The second-order valence-electron chi connectivity index (χ2n) is 8.41. The van der Waals surface area contributed by atoms with Gasteiger partial charge in [0.15, 0.2) is 0 Å². The van der Waals surface area contributed by atoms with Crippen molar-refractivity contribution in [2.24, 2.45) is 5.10 Å². The van der Waals surface area contributed by atoms with E-state index in [-0.39, 0.29) is 15.6 Å². The molecule has 1 N–H and O–H groups in total. The molecule has 0 saturated heterocycles. The Balaban J connectivity index is 1.42. The van der Waals surface area contributed by atoms with Gasteiger partial charge >= 0.3 is 0 Å². The topological polar surface area (TPSA) is 88.1 Å². The molecule has 4 aromatic rings. The standard InChI is InChI=1S/C29H26ClN3O4S/c1-22-11-17-26(18-12-22)38(35,36)33(28-10-6-5-9-27(28)30)20-29(34)32-31-19-23-13-15-25(16-14-23)37-21-24-7-3-2-4-8-24/h2-19H,20-21H2,1H3,(H,32,34)/b31-19-. The number of carbonyl (C=O) groups is 1. The number of benzene rings is 4. The van der Waals surface area contributed by atoms with Crippen LogP contribution in [-0.4, -0.2) is 27.1 Å². The Morgan fingerprint density at radius 3 is 2.26 bits per heavy atom. The molecule has 0 aliphatic heterocycles. The summed E-state index contributed by atoms with van der Waals surface area (Å²) in [5, 5.41) is 4.18. The number of halogens is 1. The van der Waals surface area contributed by atoms with Crippen LogP contribution < -0.4 is 14.5 Å². The first-order valence-corrected chi connectivity index (χ1v) is 13.6. The van der Waals surface area contributed by atoms with Gasteiger partial charge < -0.3 is 4.74 Å². The van der Waals surface area contributed by atoms with Crippen molar-refractivity contribution < 1.29 is 17.9 Å². The highest BCUT2D eigenvalue weighted by atomic mass is 35.5. The number of nitrogens with zero attached hydrogens (tertiary/aromatic N) is 2. The molecule has 0 spiro atoms. The molecule has 7 nitrogen and oxygen atoms in total. The Morgan fingerprint density at radius 2 is 1.58 bits per heavy atom. The first-order valence-electron chi connectivity index (χ1n) is 11.8. The van der Waals surface area contributed by atoms with Gasteiger partial charge in [-0.1, -0.05) is 71.8 Å². The highest BCUT2D eigenvalue weighted by Crippen LogP contribution is 2.30. The molecule has 0 heterocycles. The highest BCUT2D eigenvalue weighted by Gasteiger charge is 2.28. The predicted octanol–water partition coefficient (Wildman–Crippen LogP) is 5.57. The van der Waals surface area contributed by atoms with Crippen molar-refractivity contribution in [3.63, 3.8) is 0 Å². The van der Waals surface area contributed by atoms with Crippen LogP contribution in [0.1, 0.15) is 16.7 Å². The monoisotopic (exact) mass is 547 g/mol. The van der Waals surface area contributed by atoms with Crippen LogP contribution in [0.3, 0.4) is 0 Å². The summed E-state index contributed by atoms with van der Waals surface area (Å²) in [5.41, 5.74) is 5.30. The number of hydrogen-bond acceptors (Lipinski definition) is 5. The molecule has 0 unspecified atom stereocenters. The van der Waals surface area contributed by atoms with E-state index in [0.29, 0.717) is 12.4 Å². The first-order chi connectivity index (χ1) is 18.3. The van der Waals surface area contributed by atoms with Crippen LogP contribution in [0, 0.1) is 6.92 Å². The molecule has 4 aromatic carbocycles. The number of hydrazone groups is 1. The van der Waals surface area contributed by atoms with E-state index in [2.05, 4.69) is 10.5 Å². The van der Waals surface area contributed by atoms with E-state index in [1.165, 1.54) is 18.3 Å². The number of rotatable bonds is 10. The predicted molar refractivity (Wildman–Crippen MR) is 150 cm³/mol. The van der Waals surface area contributed by atoms with Crippen LogP contribution in [0.5, 0.6) is 5.75 Å². The van der Waals surface area contributed by atoms with Crippen LogP contribution in [0.2, 0.25) is 5.02 Å². The zero-order valence-corrected chi connectivity index (χ0v) is 22.2. The smallest absolute Gasteiger partial charge is 0.264 e. The summed E-state index contributed by atoms with van der Waals surface area (Å²) in [5.74, 6) is 0.0754. The third-order valence-electron chi connectivity index (χ3n) is 5.55. The van der Waals surface area contributed by atoms with Gasteiger partial charge in [0, 0.05) is 0 Å². The first kappa shape index (κ1) is 26.9. The number of aryl methyl sites for hydroxylation is 1. The fourth-order valence-corrected chi connectivity index (χ4v) is 5.25. The molecule has 0 aromatic heterocycles. The SMILES string of the molecule is Cc1ccc(S(=O)(=O)N(CC(=O)N/N=C\c2ccc(OCc3ccccc3)cc2)c2ccccc2Cl)cc1. The second-order valence-corrected chi connectivity index (χ2v) is 10.7. The van der Waals surface area contributed by atoms with Crippen molar-refractivity contribution in [1.82, 2.24) is 5.43 Å². The molecule has 4 rings (SSSR count). The maximum atomic E-state index is 13.4. The third-order valence-corrected chi connectivity index (χ3v) is 7.64. The van der Waals surface area contributed by atoms with Gasteiger partial charge in [-0.05, 0) is 66.6 Å². The number of nitrogens with one attached hydrogen (secondary N) is 1. The lowest BCUT2D eigenvalue weighted by Gasteiger charge is -2.24. The Bertz CT molecular complexity index is 1510. The zero-order valence-electron chi connectivity index (χ0n) is 20.6. The maximum absolute atomic E-state index is 13.4. The van der Waals surface area contributed by atoms with Crippen molar-refractivity contribution in [1.29, 1.82) is 0 Å². The second kappa shape index (κ2) is 12.4. The molecule has 0 fully saturated rings. The van der Waals surface area contributed by atoms with E-state index in [4.69, 9.17) is 16.3 Å². The number of anilines is 1. The molecule has 0 atom stereocenters. The largest absolute Gasteiger partial charge is 0.489 e. The van der Waals surface area contributed by atoms with Gasteiger partial charge in [-0.15, -0.1) is 0 Å². The van der Waals surface area contributed by atoms with Gasteiger partial charge in [-0.2, -0.15) is 5.10 Å². The molecular formula is C29H26ClN3O4S. The zero-order chi connectivity index (χ0) is 27.0. The van der Waals surface area contributed by atoms with Crippen molar-refractivity contribution in [3.8, 4) is 5.75 Å². The van der Waals surface area contributed by atoms with E-state index >= 15 is 0 Å². The summed E-state index contributed by atoms with van der Waals surface area (Å²) in [4.78, 5) is 12.8. The Morgan fingerprint density at radius 1 is 0.921 bits per heavy atom. The van der Waals surface area contributed by atoms with E-state index in [9.17, 15) is 13.2 Å². The third kappa shape index (κ3) is 7.00. The molecule has 0 saturated carbocycles. The average Bonchev–Trinajstić information content (AvgIpc) is 2.92. The Kier molecular flexibility index (Phi) is 8.78. The summed E-state index contributed by atoms with van der Waals surface area (Å²) in [6, 6.07) is 29.9. The molecule has 0 bridgehead atoms. The van der Waals surface area contributed by atoms with Gasteiger partial charge in [0.2, 0.25) is 0 Å². The van der Waals surface area contributed by atoms with E-state index < -0.39 is 22.5 Å². The minimum atomic E-state index is -4.07. The Hall–Kier alpha value is -4.14. The van der Waals surface area contributed by atoms with Gasteiger partial charge in [-0.3, -0.25) is 9.10 Å². The van der Waals surface area contributed by atoms with Crippen molar-refractivity contribution >= 4 is 39.4 Å². The number of ether oxygens (including phenoxy) is 1. The van der Waals surface area contributed by atoms with E-state index in [0.717, 1.165) is 21.0 Å². The van der Waals surface area contributed by atoms with Gasteiger partial charge in [-0.25, -0.2) is 13.8 Å².